The van der Waals surface area contributed by atoms with Gasteiger partial charge in [0.1, 0.15) is 0 Å². The Labute approximate surface area is 195 Å². The number of ether oxygens (including phenoxy) is 2. The lowest BCUT2D eigenvalue weighted by atomic mass is 10.1. The van der Waals surface area contributed by atoms with Gasteiger partial charge in [-0.2, -0.15) is 0 Å². The molecule has 33 heavy (non-hydrogen) atoms. The third kappa shape index (κ3) is 8.54. The van der Waals surface area contributed by atoms with Crippen molar-refractivity contribution < 1.29 is 23.9 Å². The second kappa shape index (κ2) is 13.9. The first kappa shape index (κ1) is 25.8. The number of benzene rings is 2. The fourth-order valence-corrected chi connectivity index (χ4v) is 3.24. The van der Waals surface area contributed by atoms with Crippen LogP contribution in [-0.4, -0.2) is 44.7 Å². The van der Waals surface area contributed by atoms with Gasteiger partial charge in [-0.05, 0) is 29.7 Å². The Morgan fingerprint density at radius 1 is 1.00 bits per heavy atom. The summed E-state index contributed by atoms with van der Waals surface area (Å²) in [6.45, 7) is 7.10. The van der Waals surface area contributed by atoms with Gasteiger partial charge in [-0.15, -0.1) is 0 Å². The molecule has 0 aromatic heterocycles. The summed E-state index contributed by atoms with van der Waals surface area (Å²) in [7, 11) is 1.32. The van der Waals surface area contributed by atoms with E-state index in [1.165, 1.54) is 7.11 Å². The molecule has 0 fully saturated rings. The first-order chi connectivity index (χ1) is 16.0. The van der Waals surface area contributed by atoms with Crippen LogP contribution in [0.15, 0.2) is 55.1 Å². The quantitative estimate of drug-likeness (QED) is 0.370. The molecule has 7 nitrogen and oxygen atoms in total. The first-order valence-corrected chi connectivity index (χ1v) is 10.9. The lowest BCUT2D eigenvalue weighted by Gasteiger charge is -2.25. The van der Waals surface area contributed by atoms with Gasteiger partial charge in [0.25, 0.3) is 0 Å². The van der Waals surface area contributed by atoms with Gasteiger partial charge in [-0.25, -0.2) is 0 Å². The van der Waals surface area contributed by atoms with Crippen LogP contribution in [-0.2, 0) is 30.4 Å². The van der Waals surface area contributed by atoms with Gasteiger partial charge in [0.2, 0.25) is 11.8 Å². The summed E-state index contributed by atoms with van der Waals surface area (Å²) in [5, 5.41) is 2.73. The molecule has 176 valence electrons. The first-order valence-electron chi connectivity index (χ1n) is 10.9. The minimum Gasteiger partial charge on any atom is -0.469 e. The zero-order chi connectivity index (χ0) is 24.1. The summed E-state index contributed by atoms with van der Waals surface area (Å²) < 4.78 is 9.81. The van der Waals surface area contributed by atoms with E-state index in [0.717, 1.165) is 22.4 Å². The molecule has 0 unspecified atom stereocenters. The molecular weight excluding hydrogens is 420 g/mol. The average Bonchev–Trinajstić information content (AvgIpc) is 2.83. The number of methoxy groups -OCH3 is 1. The molecule has 0 bridgehead atoms. The standard InChI is InChI=1S/C26H32N2O5/c1-4-21-10-7-8-12-23(21)28(19-22-11-6-5-9-20(22)2)25(30)14-13-24(29)27-16-18-33-17-15-26(31)32-3/h4-12H,1,13-19H2,2-3H3,(H,27,29). The summed E-state index contributed by atoms with van der Waals surface area (Å²) in [5.74, 6) is -0.712. The van der Waals surface area contributed by atoms with E-state index in [2.05, 4.69) is 16.6 Å². The topological polar surface area (TPSA) is 84.9 Å². The molecule has 0 spiro atoms. The number of anilines is 1. The number of carbonyl (C=O) groups is 3. The fourth-order valence-electron chi connectivity index (χ4n) is 3.24. The van der Waals surface area contributed by atoms with Crippen molar-refractivity contribution in [1.29, 1.82) is 0 Å². The molecule has 2 aromatic carbocycles. The summed E-state index contributed by atoms with van der Waals surface area (Å²) in [4.78, 5) is 38.1. The number of nitrogens with one attached hydrogen (secondary N) is 1. The normalized spacial score (nSPS) is 10.4. The van der Waals surface area contributed by atoms with Crippen molar-refractivity contribution in [2.75, 3.05) is 31.8 Å². The summed E-state index contributed by atoms with van der Waals surface area (Å²) >= 11 is 0. The summed E-state index contributed by atoms with van der Waals surface area (Å²) in [6, 6.07) is 15.5. The molecule has 0 heterocycles. The minimum absolute atomic E-state index is 0.0710. The predicted octanol–water partition coefficient (Wildman–Crippen LogP) is 3.65. The van der Waals surface area contributed by atoms with E-state index >= 15 is 0 Å². The number of nitrogens with zero attached hydrogens (tertiary/aromatic N) is 1. The van der Waals surface area contributed by atoms with Gasteiger partial charge in [0, 0.05) is 19.4 Å². The van der Waals surface area contributed by atoms with Crippen molar-refractivity contribution in [3.63, 3.8) is 0 Å². The van der Waals surface area contributed by atoms with Crippen molar-refractivity contribution in [2.45, 2.75) is 32.7 Å². The highest BCUT2D eigenvalue weighted by Crippen LogP contribution is 2.25. The smallest absolute Gasteiger partial charge is 0.307 e. The molecule has 0 aliphatic carbocycles. The predicted molar refractivity (Wildman–Crippen MR) is 129 cm³/mol. The van der Waals surface area contributed by atoms with E-state index in [4.69, 9.17) is 4.74 Å². The van der Waals surface area contributed by atoms with E-state index < -0.39 is 0 Å². The number of carbonyl (C=O) groups excluding carboxylic acids is 3. The van der Waals surface area contributed by atoms with Gasteiger partial charge in [-0.3, -0.25) is 14.4 Å². The van der Waals surface area contributed by atoms with Crippen molar-refractivity contribution in [3.05, 3.63) is 71.8 Å². The molecule has 7 heteroatoms. The average molecular weight is 453 g/mol. The van der Waals surface area contributed by atoms with Crippen LogP contribution in [0.5, 0.6) is 0 Å². The van der Waals surface area contributed by atoms with E-state index in [-0.39, 0.29) is 50.3 Å². The molecule has 1 N–H and O–H groups in total. The van der Waals surface area contributed by atoms with Crippen LogP contribution in [0.25, 0.3) is 6.08 Å². The monoisotopic (exact) mass is 452 g/mol. The van der Waals surface area contributed by atoms with Gasteiger partial charge < -0.3 is 19.7 Å². The molecule has 0 radical (unpaired) electrons. The Balaban J connectivity index is 1.94. The van der Waals surface area contributed by atoms with Gasteiger partial charge in [0.05, 0.1) is 39.0 Å². The summed E-state index contributed by atoms with van der Waals surface area (Å²) in [6.07, 6.45) is 2.04. The highest BCUT2D eigenvalue weighted by molar-refractivity contribution is 5.97. The van der Waals surface area contributed by atoms with Crippen LogP contribution in [0.2, 0.25) is 0 Å². The molecule has 0 saturated heterocycles. The number of hydrogen-bond donors (Lipinski definition) is 1. The van der Waals surface area contributed by atoms with Crippen LogP contribution in [0.1, 0.15) is 36.0 Å². The van der Waals surface area contributed by atoms with Gasteiger partial charge in [-0.1, -0.05) is 55.1 Å². The van der Waals surface area contributed by atoms with Crippen LogP contribution in [0, 0.1) is 6.92 Å². The SMILES string of the molecule is C=Cc1ccccc1N(Cc1ccccc1C)C(=O)CCC(=O)NCCOCCC(=O)OC. The van der Waals surface area contributed by atoms with Gasteiger partial charge >= 0.3 is 5.97 Å². The number of esters is 1. The van der Waals surface area contributed by atoms with E-state index in [0.29, 0.717) is 13.1 Å². The van der Waals surface area contributed by atoms with Crippen molar-refractivity contribution in [3.8, 4) is 0 Å². The third-order valence-electron chi connectivity index (χ3n) is 5.15. The van der Waals surface area contributed by atoms with Crippen molar-refractivity contribution in [1.82, 2.24) is 5.32 Å². The lowest BCUT2D eigenvalue weighted by Crippen LogP contribution is -2.33. The zero-order valence-electron chi connectivity index (χ0n) is 19.3. The highest BCUT2D eigenvalue weighted by Gasteiger charge is 2.20. The number of rotatable bonds is 13. The molecular formula is C26H32N2O5. The Kier molecular flexibility index (Phi) is 10.8. The summed E-state index contributed by atoms with van der Waals surface area (Å²) in [5.41, 5.74) is 3.75. The maximum atomic E-state index is 13.2. The third-order valence-corrected chi connectivity index (χ3v) is 5.15. The maximum Gasteiger partial charge on any atom is 0.307 e. The Morgan fingerprint density at radius 3 is 2.45 bits per heavy atom. The second-order valence-electron chi connectivity index (χ2n) is 7.46. The number of amides is 2. The van der Waals surface area contributed by atoms with E-state index in [1.807, 2.05) is 55.5 Å². The Bertz CT molecular complexity index is 957. The Morgan fingerprint density at radius 2 is 1.73 bits per heavy atom. The second-order valence-corrected chi connectivity index (χ2v) is 7.46. The van der Waals surface area contributed by atoms with Gasteiger partial charge in [0.15, 0.2) is 0 Å². The van der Waals surface area contributed by atoms with Crippen molar-refractivity contribution >= 4 is 29.5 Å². The maximum absolute atomic E-state index is 13.2. The van der Waals surface area contributed by atoms with Crippen molar-refractivity contribution in [2.24, 2.45) is 0 Å². The van der Waals surface area contributed by atoms with Crippen LogP contribution < -0.4 is 10.2 Å². The zero-order valence-corrected chi connectivity index (χ0v) is 19.3. The molecule has 0 aliphatic heterocycles. The number of para-hydroxylation sites is 1. The molecule has 0 atom stereocenters. The molecule has 2 amide bonds. The van der Waals surface area contributed by atoms with E-state index in [9.17, 15) is 14.4 Å². The molecule has 0 saturated carbocycles. The van der Waals surface area contributed by atoms with E-state index in [1.54, 1.807) is 11.0 Å². The molecule has 2 aromatic rings. The lowest BCUT2D eigenvalue weighted by molar-refractivity contribution is -0.141. The largest absolute Gasteiger partial charge is 0.469 e. The molecule has 2 rings (SSSR count). The highest BCUT2D eigenvalue weighted by atomic mass is 16.5. The Hall–Kier alpha value is -3.45. The van der Waals surface area contributed by atoms with Crippen LogP contribution >= 0.6 is 0 Å². The number of aryl methyl sites for hydroxylation is 1. The molecule has 0 aliphatic rings. The fraction of sp³-hybridized carbons (Fsp3) is 0.346. The number of hydrogen-bond acceptors (Lipinski definition) is 5. The minimum atomic E-state index is -0.342. The van der Waals surface area contributed by atoms with Crippen LogP contribution in [0.4, 0.5) is 5.69 Å². The van der Waals surface area contributed by atoms with Crippen LogP contribution in [0.3, 0.4) is 0 Å².